The molecule has 0 aliphatic carbocycles. The zero-order chi connectivity index (χ0) is 20.5. The number of nitrogens with two attached hydrogens (primary N) is 1. The number of ketones is 1. The van der Waals surface area contributed by atoms with E-state index in [9.17, 15) is 9.18 Å². The third-order valence-corrected chi connectivity index (χ3v) is 4.40. The summed E-state index contributed by atoms with van der Waals surface area (Å²) in [5.74, 6) is -0.00545. The SMILES string of the molecule is CN=C(N)c1ccc(CCC(=O)C(N=N)C(C)=NCc2ccc(F)cc2)cc1. The minimum atomic E-state index is -0.886. The summed E-state index contributed by atoms with van der Waals surface area (Å²) in [6.07, 6.45) is 0.798. The molecule has 7 heteroatoms. The lowest BCUT2D eigenvalue weighted by Gasteiger charge is -2.10. The lowest BCUT2D eigenvalue weighted by Crippen LogP contribution is -2.26. The van der Waals surface area contributed by atoms with E-state index in [1.165, 1.54) is 12.1 Å². The molecule has 0 heterocycles. The summed E-state index contributed by atoms with van der Waals surface area (Å²) < 4.78 is 12.9. The maximum absolute atomic E-state index is 12.9. The molecule has 0 saturated heterocycles. The number of nitrogens with one attached hydrogen (secondary N) is 1. The van der Waals surface area contributed by atoms with Crippen molar-refractivity contribution in [2.24, 2.45) is 20.8 Å². The Morgan fingerprint density at radius 2 is 1.71 bits per heavy atom. The Morgan fingerprint density at radius 1 is 1.11 bits per heavy atom. The summed E-state index contributed by atoms with van der Waals surface area (Å²) in [4.78, 5) is 20.8. The van der Waals surface area contributed by atoms with E-state index in [0.29, 0.717) is 24.5 Å². The van der Waals surface area contributed by atoms with Crippen LogP contribution in [0.2, 0.25) is 0 Å². The number of nitrogens with zero attached hydrogens (tertiary/aromatic N) is 3. The van der Waals surface area contributed by atoms with Crippen LogP contribution in [0.25, 0.3) is 0 Å². The van der Waals surface area contributed by atoms with Crippen LogP contribution in [0.1, 0.15) is 30.0 Å². The molecule has 1 atom stereocenters. The van der Waals surface area contributed by atoms with E-state index < -0.39 is 6.04 Å². The summed E-state index contributed by atoms with van der Waals surface area (Å²) in [6, 6.07) is 12.7. The van der Waals surface area contributed by atoms with E-state index in [4.69, 9.17) is 11.3 Å². The van der Waals surface area contributed by atoms with Crippen LogP contribution >= 0.6 is 0 Å². The van der Waals surface area contributed by atoms with Crippen LogP contribution in [-0.2, 0) is 17.8 Å². The van der Waals surface area contributed by atoms with E-state index in [0.717, 1.165) is 16.7 Å². The van der Waals surface area contributed by atoms with Crippen LogP contribution in [0, 0.1) is 11.3 Å². The van der Waals surface area contributed by atoms with Crippen molar-refractivity contribution < 1.29 is 9.18 Å². The van der Waals surface area contributed by atoms with Crippen LogP contribution in [0.15, 0.2) is 63.6 Å². The monoisotopic (exact) mass is 381 g/mol. The maximum atomic E-state index is 12.9. The molecule has 6 nitrogen and oxygen atoms in total. The van der Waals surface area contributed by atoms with Crippen molar-refractivity contribution in [3.8, 4) is 0 Å². The van der Waals surface area contributed by atoms with Crippen molar-refractivity contribution in [2.75, 3.05) is 7.05 Å². The van der Waals surface area contributed by atoms with Gasteiger partial charge in [-0.3, -0.25) is 14.8 Å². The zero-order valence-corrected chi connectivity index (χ0v) is 16.0. The van der Waals surface area contributed by atoms with Crippen LogP contribution in [0.3, 0.4) is 0 Å². The quantitative estimate of drug-likeness (QED) is 0.392. The largest absolute Gasteiger partial charge is 0.384 e. The second-order valence-corrected chi connectivity index (χ2v) is 6.39. The summed E-state index contributed by atoms with van der Waals surface area (Å²) in [7, 11) is 1.63. The highest BCUT2D eigenvalue weighted by Gasteiger charge is 2.20. The molecule has 1 unspecified atom stereocenters. The molecule has 0 aromatic heterocycles. The van der Waals surface area contributed by atoms with E-state index in [2.05, 4.69) is 15.1 Å². The molecule has 146 valence electrons. The topological polar surface area (TPSA) is 104 Å². The van der Waals surface area contributed by atoms with Crippen molar-refractivity contribution in [3.05, 3.63) is 71.0 Å². The number of Topliss-reactive ketones (excluding diaryl/α,β-unsaturated/α-hetero) is 1. The third kappa shape index (κ3) is 5.90. The Balaban J connectivity index is 1.95. The smallest absolute Gasteiger partial charge is 0.166 e. The van der Waals surface area contributed by atoms with Gasteiger partial charge in [-0.1, -0.05) is 36.4 Å². The standard InChI is InChI=1S/C21H24FN5O/c1-14(26-13-16-5-10-18(22)11-6-16)20(27-24)19(28)12-7-15-3-8-17(9-4-15)21(23)25-2/h3-6,8-11,20,24H,7,12-13H2,1-2H3,(H2,23,25). The molecule has 2 rings (SSSR count). The molecule has 2 aromatic carbocycles. The second-order valence-electron chi connectivity index (χ2n) is 6.39. The first-order chi connectivity index (χ1) is 13.4. The Morgan fingerprint density at radius 3 is 2.29 bits per heavy atom. The van der Waals surface area contributed by atoms with E-state index in [1.54, 1.807) is 26.1 Å². The number of benzene rings is 2. The molecular formula is C21H24FN5O. The molecular weight excluding hydrogens is 357 g/mol. The van der Waals surface area contributed by atoms with Crippen molar-refractivity contribution in [2.45, 2.75) is 32.4 Å². The number of hydrogen-bond acceptors (Lipinski definition) is 5. The average molecular weight is 381 g/mol. The fraction of sp³-hybridized carbons (Fsp3) is 0.286. The number of hydrogen-bond donors (Lipinski definition) is 2. The van der Waals surface area contributed by atoms with Gasteiger partial charge in [0, 0.05) is 24.7 Å². The van der Waals surface area contributed by atoms with Crippen LogP contribution in [0.4, 0.5) is 4.39 Å². The molecule has 0 aliphatic rings. The molecule has 0 amide bonds. The second kappa shape index (κ2) is 10.2. The maximum Gasteiger partial charge on any atom is 0.166 e. The Labute approximate surface area is 163 Å². The molecule has 28 heavy (non-hydrogen) atoms. The number of aliphatic imine (C=N–C) groups is 2. The third-order valence-electron chi connectivity index (χ3n) is 4.40. The van der Waals surface area contributed by atoms with Crippen LogP contribution < -0.4 is 5.73 Å². The fourth-order valence-electron chi connectivity index (χ4n) is 2.67. The Hall–Kier alpha value is -3.22. The summed E-state index contributed by atoms with van der Waals surface area (Å²) in [5.41, 5.74) is 16.3. The first-order valence-corrected chi connectivity index (χ1v) is 8.90. The van der Waals surface area contributed by atoms with Gasteiger partial charge in [-0.25, -0.2) is 9.92 Å². The minimum absolute atomic E-state index is 0.158. The van der Waals surface area contributed by atoms with Crippen LogP contribution in [-0.4, -0.2) is 30.4 Å². The van der Waals surface area contributed by atoms with Gasteiger partial charge < -0.3 is 5.73 Å². The highest BCUT2D eigenvalue weighted by Crippen LogP contribution is 2.11. The van der Waals surface area contributed by atoms with Gasteiger partial charge in [0.25, 0.3) is 0 Å². The predicted octanol–water partition coefficient (Wildman–Crippen LogP) is 3.72. The van der Waals surface area contributed by atoms with E-state index in [1.807, 2.05) is 24.3 Å². The average Bonchev–Trinajstić information content (AvgIpc) is 2.72. The molecule has 0 bridgehead atoms. The highest BCUT2D eigenvalue weighted by molar-refractivity contribution is 6.08. The fourth-order valence-corrected chi connectivity index (χ4v) is 2.67. The molecule has 2 aromatic rings. The van der Waals surface area contributed by atoms with Gasteiger partial charge in [-0.15, -0.1) is 0 Å². The number of carbonyl (C=O) groups excluding carboxylic acids is 1. The van der Waals surface area contributed by atoms with Crippen LogP contribution in [0.5, 0.6) is 0 Å². The van der Waals surface area contributed by atoms with Crippen molar-refractivity contribution >= 4 is 17.3 Å². The summed E-state index contributed by atoms with van der Waals surface area (Å²) in [6.45, 7) is 2.00. The number of amidine groups is 1. The molecule has 0 spiro atoms. The van der Waals surface area contributed by atoms with Gasteiger partial charge in [-0.05, 0) is 36.6 Å². The first kappa shape index (κ1) is 21.1. The number of aryl methyl sites for hydroxylation is 1. The number of rotatable bonds is 9. The van der Waals surface area contributed by atoms with Gasteiger partial charge in [0.1, 0.15) is 11.7 Å². The molecule has 0 aliphatic heterocycles. The van der Waals surface area contributed by atoms with Crippen molar-refractivity contribution in [1.82, 2.24) is 0 Å². The summed E-state index contributed by atoms with van der Waals surface area (Å²) >= 11 is 0. The van der Waals surface area contributed by atoms with Crippen molar-refractivity contribution in [1.29, 1.82) is 5.53 Å². The lowest BCUT2D eigenvalue weighted by atomic mass is 10.0. The molecule has 0 fully saturated rings. The van der Waals surface area contributed by atoms with Gasteiger partial charge >= 0.3 is 0 Å². The zero-order valence-electron chi connectivity index (χ0n) is 16.0. The van der Waals surface area contributed by atoms with E-state index in [-0.39, 0.29) is 18.0 Å². The Kier molecular flexibility index (Phi) is 7.68. The molecule has 0 saturated carbocycles. The van der Waals surface area contributed by atoms with E-state index >= 15 is 0 Å². The lowest BCUT2D eigenvalue weighted by molar-refractivity contribution is -0.119. The van der Waals surface area contributed by atoms with Crippen molar-refractivity contribution in [3.63, 3.8) is 0 Å². The Bertz CT molecular complexity index is 873. The first-order valence-electron chi connectivity index (χ1n) is 8.90. The molecule has 0 radical (unpaired) electrons. The summed E-state index contributed by atoms with van der Waals surface area (Å²) in [5, 5.41) is 3.45. The van der Waals surface area contributed by atoms with Gasteiger partial charge in [0.15, 0.2) is 11.8 Å². The normalized spacial score (nSPS) is 13.2. The molecule has 3 N–H and O–H groups in total. The van der Waals surface area contributed by atoms with Gasteiger partial charge in [0.2, 0.25) is 0 Å². The highest BCUT2D eigenvalue weighted by atomic mass is 19.1. The van der Waals surface area contributed by atoms with Gasteiger partial charge in [0.05, 0.1) is 6.54 Å². The minimum Gasteiger partial charge on any atom is -0.384 e. The number of halogens is 1. The number of carbonyl (C=O) groups is 1. The predicted molar refractivity (Wildman–Crippen MR) is 109 cm³/mol. The van der Waals surface area contributed by atoms with Gasteiger partial charge in [-0.2, -0.15) is 5.11 Å².